The molecule has 14 heavy (non-hydrogen) atoms. The van der Waals surface area contributed by atoms with Gasteiger partial charge in [-0.1, -0.05) is 47.5 Å². The van der Waals surface area contributed by atoms with E-state index in [0.29, 0.717) is 12.3 Å². The summed E-state index contributed by atoms with van der Waals surface area (Å²) in [5, 5.41) is 0. The average Bonchev–Trinajstić information content (AvgIpc) is 2.11. The zero-order valence-electron chi connectivity index (χ0n) is 10.3. The van der Waals surface area contributed by atoms with E-state index in [2.05, 4.69) is 13.8 Å². The Morgan fingerprint density at radius 3 is 1.93 bits per heavy atom. The van der Waals surface area contributed by atoms with Gasteiger partial charge in [0.25, 0.3) is 0 Å². The summed E-state index contributed by atoms with van der Waals surface area (Å²) < 4.78 is 0. The Kier molecular flexibility index (Phi) is 5.35. The predicted molar refractivity (Wildman–Crippen MR) is 61.1 cm³/mol. The molecule has 0 rings (SSSR count). The number of carbonyl (C=O) groups is 1. The molecule has 0 saturated heterocycles. The van der Waals surface area contributed by atoms with Gasteiger partial charge in [0.2, 0.25) is 0 Å². The van der Waals surface area contributed by atoms with Gasteiger partial charge in [-0.05, 0) is 11.3 Å². The van der Waals surface area contributed by atoms with Crippen LogP contribution in [0.3, 0.4) is 0 Å². The van der Waals surface area contributed by atoms with Crippen molar-refractivity contribution in [1.82, 2.24) is 0 Å². The molecule has 0 saturated carbocycles. The van der Waals surface area contributed by atoms with Crippen molar-refractivity contribution in [2.75, 3.05) is 0 Å². The molecule has 0 amide bonds. The van der Waals surface area contributed by atoms with Crippen LogP contribution in [0.4, 0.5) is 0 Å². The largest absolute Gasteiger partial charge is 0.321 e. The van der Waals surface area contributed by atoms with Crippen molar-refractivity contribution in [3.05, 3.63) is 0 Å². The van der Waals surface area contributed by atoms with Crippen LogP contribution in [0, 0.1) is 11.3 Å². The smallest absolute Gasteiger partial charge is 0.150 e. The SMILES string of the molecule is CCC(CC)CC(=O)C(N)C(C)(C)C. The van der Waals surface area contributed by atoms with Crippen molar-refractivity contribution < 1.29 is 4.79 Å². The zero-order chi connectivity index (χ0) is 11.4. The molecular weight excluding hydrogens is 174 g/mol. The van der Waals surface area contributed by atoms with E-state index in [9.17, 15) is 4.79 Å². The van der Waals surface area contributed by atoms with E-state index in [4.69, 9.17) is 5.73 Å². The van der Waals surface area contributed by atoms with Crippen LogP contribution >= 0.6 is 0 Å². The third-order valence-corrected chi connectivity index (χ3v) is 2.92. The Hall–Kier alpha value is -0.370. The molecule has 2 heteroatoms. The molecule has 0 spiro atoms. The molecule has 0 aromatic rings. The summed E-state index contributed by atoms with van der Waals surface area (Å²) in [6, 6.07) is -0.317. The molecule has 84 valence electrons. The van der Waals surface area contributed by atoms with Crippen LogP contribution in [0.5, 0.6) is 0 Å². The molecule has 1 atom stereocenters. The number of nitrogens with two attached hydrogens (primary N) is 1. The standard InChI is InChI=1S/C12H25NO/c1-6-9(7-2)8-10(14)11(13)12(3,4)5/h9,11H,6-8,13H2,1-5H3. The van der Waals surface area contributed by atoms with Crippen LogP contribution in [-0.4, -0.2) is 11.8 Å². The second-order valence-corrected chi connectivity index (χ2v) is 5.20. The molecule has 0 aromatic heterocycles. The lowest BCUT2D eigenvalue weighted by Crippen LogP contribution is -2.42. The lowest BCUT2D eigenvalue weighted by molar-refractivity contribution is -0.123. The fourth-order valence-corrected chi connectivity index (χ4v) is 1.47. The minimum Gasteiger partial charge on any atom is -0.321 e. The van der Waals surface area contributed by atoms with E-state index >= 15 is 0 Å². The van der Waals surface area contributed by atoms with Gasteiger partial charge in [-0.25, -0.2) is 0 Å². The van der Waals surface area contributed by atoms with Crippen molar-refractivity contribution in [2.24, 2.45) is 17.1 Å². The molecule has 1 unspecified atom stereocenters. The summed E-state index contributed by atoms with van der Waals surface area (Å²) in [5.41, 5.74) is 5.79. The number of carbonyl (C=O) groups excluding carboxylic acids is 1. The Balaban J connectivity index is 4.21. The fourth-order valence-electron chi connectivity index (χ4n) is 1.47. The summed E-state index contributed by atoms with van der Waals surface area (Å²) in [7, 11) is 0. The quantitative estimate of drug-likeness (QED) is 0.740. The second kappa shape index (κ2) is 5.50. The zero-order valence-corrected chi connectivity index (χ0v) is 10.3. The first-order valence-electron chi connectivity index (χ1n) is 5.61. The van der Waals surface area contributed by atoms with E-state index in [0.717, 1.165) is 12.8 Å². The van der Waals surface area contributed by atoms with Gasteiger partial charge in [0.1, 0.15) is 5.78 Å². The van der Waals surface area contributed by atoms with Crippen molar-refractivity contribution in [1.29, 1.82) is 0 Å². The summed E-state index contributed by atoms with van der Waals surface area (Å²) in [6.45, 7) is 10.3. The first-order valence-corrected chi connectivity index (χ1v) is 5.61. The predicted octanol–water partition coefficient (Wildman–Crippen LogP) is 2.76. The summed E-state index contributed by atoms with van der Waals surface area (Å²) in [5.74, 6) is 0.724. The normalized spacial score (nSPS) is 14.5. The molecule has 0 aliphatic rings. The highest BCUT2D eigenvalue weighted by Crippen LogP contribution is 2.22. The van der Waals surface area contributed by atoms with Crippen molar-refractivity contribution in [3.63, 3.8) is 0 Å². The number of ketones is 1. The molecule has 2 N–H and O–H groups in total. The first kappa shape index (κ1) is 13.6. The maximum atomic E-state index is 11.8. The van der Waals surface area contributed by atoms with E-state index in [1.165, 1.54) is 0 Å². The summed E-state index contributed by atoms with van der Waals surface area (Å²) in [6.07, 6.45) is 2.78. The molecular formula is C12H25NO. The van der Waals surface area contributed by atoms with Crippen LogP contribution in [0.1, 0.15) is 53.9 Å². The third-order valence-electron chi connectivity index (χ3n) is 2.92. The molecule has 0 fully saturated rings. The molecule has 0 aliphatic heterocycles. The van der Waals surface area contributed by atoms with E-state index < -0.39 is 0 Å². The van der Waals surface area contributed by atoms with Crippen LogP contribution in [0.15, 0.2) is 0 Å². The fraction of sp³-hybridized carbons (Fsp3) is 0.917. The average molecular weight is 199 g/mol. The van der Waals surface area contributed by atoms with Crippen LogP contribution < -0.4 is 5.73 Å². The van der Waals surface area contributed by atoms with E-state index in [1.807, 2.05) is 20.8 Å². The molecule has 0 aromatic carbocycles. The number of rotatable bonds is 5. The number of Topliss-reactive ketones (excluding diaryl/α,β-unsaturated/α-hetero) is 1. The number of hydrogen-bond acceptors (Lipinski definition) is 2. The minimum absolute atomic E-state index is 0.108. The lowest BCUT2D eigenvalue weighted by Gasteiger charge is -2.27. The van der Waals surface area contributed by atoms with Gasteiger partial charge >= 0.3 is 0 Å². The van der Waals surface area contributed by atoms with Gasteiger partial charge in [0.15, 0.2) is 0 Å². The summed E-state index contributed by atoms with van der Waals surface area (Å²) in [4.78, 5) is 11.8. The lowest BCUT2D eigenvalue weighted by atomic mass is 9.81. The van der Waals surface area contributed by atoms with E-state index in [-0.39, 0.29) is 17.2 Å². The van der Waals surface area contributed by atoms with Gasteiger partial charge in [0, 0.05) is 6.42 Å². The maximum absolute atomic E-state index is 11.8. The minimum atomic E-state index is -0.317. The third kappa shape index (κ3) is 4.23. The van der Waals surface area contributed by atoms with Crippen molar-refractivity contribution >= 4 is 5.78 Å². The Labute approximate surface area is 88.3 Å². The molecule has 0 bridgehead atoms. The van der Waals surface area contributed by atoms with Crippen LogP contribution in [-0.2, 0) is 4.79 Å². The van der Waals surface area contributed by atoms with Gasteiger partial charge in [-0.2, -0.15) is 0 Å². The Morgan fingerprint density at radius 2 is 1.64 bits per heavy atom. The monoisotopic (exact) mass is 199 g/mol. The molecule has 0 aliphatic carbocycles. The Morgan fingerprint density at radius 1 is 1.21 bits per heavy atom. The molecule has 0 heterocycles. The Bertz CT molecular complexity index is 177. The highest BCUT2D eigenvalue weighted by Gasteiger charge is 2.28. The van der Waals surface area contributed by atoms with Crippen molar-refractivity contribution in [2.45, 2.75) is 59.9 Å². The van der Waals surface area contributed by atoms with Gasteiger partial charge in [-0.15, -0.1) is 0 Å². The van der Waals surface area contributed by atoms with E-state index in [1.54, 1.807) is 0 Å². The van der Waals surface area contributed by atoms with Gasteiger partial charge < -0.3 is 5.73 Å². The summed E-state index contributed by atoms with van der Waals surface area (Å²) >= 11 is 0. The van der Waals surface area contributed by atoms with Gasteiger partial charge in [-0.3, -0.25) is 4.79 Å². The highest BCUT2D eigenvalue weighted by atomic mass is 16.1. The van der Waals surface area contributed by atoms with Crippen LogP contribution in [0.25, 0.3) is 0 Å². The highest BCUT2D eigenvalue weighted by molar-refractivity contribution is 5.84. The van der Waals surface area contributed by atoms with Crippen LogP contribution in [0.2, 0.25) is 0 Å². The second-order valence-electron chi connectivity index (χ2n) is 5.20. The molecule has 0 radical (unpaired) electrons. The topological polar surface area (TPSA) is 43.1 Å². The first-order chi connectivity index (χ1) is 6.32. The maximum Gasteiger partial charge on any atom is 0.150 e. The van der Waals surface area contributed by atoms with Crippen molar-refractivity contribution in [3.8, 4) is 0 Å². The van der Waals surface area contributed by atoms with Gasteiger partial charge in [0.05, 0.1) is 6.04 Å². The number of hydrogen-bond donors (Lipinski definition) is 1. The molecule has 2 nitrogen and oxygen atoms in total.